The Balaban J connectivity index is 1.62. The van der Waals surface area contributed by atoms with Gasteiger partial charge >= 0.3 is 0 Å². The van der Waals surface area contributed by atoms with E-state index in [0.29, 0.717) is 22.7 Å². The lowest BCUT2D eigenvalue weighted by Gasteiger charge is -2.13. The zero-order valence-electron chi connectivity index (χ0n) is 12.1. The van der Waals surface area contributed by atoms with Crippen molar-refractivity contribution in [2.75, 3.05) is 6.54 Å². The van der Waals surface area contributed by atoms with E-state index < -0.39 is 17.7 Å². The highest BCUT2D eigenvalue weighted by Gasteiger charge is 2.36. The van der Waals surface area contributed by atoms with Crippen LogP contribution in [0, 0.1) is 0 Å². The molecule has 6 heteroatoms. The summed E-state index contributed by atoms with van der Waals surface area (Å²) in [5.41, 5.74) is 1.55. The van der Waals surface area contributed by atoms with E-state index in [9.17, 15) is 14.4 Å². The number of rotatable bonds is 4. The summed E-state index contributed by atoms with van der Waals surface area (Å²) in [6, 6.07) is 13.6. The molecule has 116 valence electrons. The van der Waals surface area contributed by atoms with Crippen molar-refractivity contribution in [3.8, 4) is 0 Å². The standard InChI is InChI=1S/C17H13ClN2O3/c18-12-7-5-11(6-8-12)9-19-15(21)10-20-16(22)13-3-1-2-4-14(13)17(20)23/h1-8H,9-10H2,(H,19,21). The Bertz CT molecular complexity index is 752. The third kappa shape index (κ3) is 3.10. The van der Waals surface area contributed by atoms with E-state index >= 15 is 0 Å². The summed E-state index contributed by atoms with van der Waals surface area (Å²) in [6.45, 7) is 0.0130. The van der Waals surface area contributed by atoms with Gasteiger partial charge in [-0.3, -0.25) is 19.3 Å². The second kappa shape index (κ2) is 6.22. The number of hydrogen-bond donors (Lipinski definition) is 1. The summed E-state index contributed by atoms with van der Waals surface area (Å²) in [6.07, 6.45) is 0. The molecule has 2 aromatic carbocycles. The Labute approximate surface area is 137 Å². The van der Waals surface area contributed by atoms with Gasteiger partial charge in [-0.05, 0) is 29.8 Å². The fourth-order valence-electron chi connectivity index (χ4n) is 2.39. The first kappa shape index (κ1) is 15.2. The average Bonchev–Trinajstić information content (AvgIpc) is 2.80. The van der Waals surface area contributed by atoms with Gasteiger partial charge in [0.05, 0.1) is 11.1 Å². The zero-order chi connectivity index (χ0) is 16.4. The predicted octanol–water partition coefficient (Wildman–Crippen LogP) is 2.25. The first-order valence-corrected chi connectivity index (χ1v) is 7.40. The van der Waals surface area contributed by atoms with Crippen LogP contribution in [-0.2, 0) is 11.3 Å². The second-order valence-corrected chi connectivity index (χ2v) is 5.58. The maximum atomic E-state index is 12.2. The highest BCUT2D eigenvalue weighted by molar-refractivity contribution is 6.30. The third-order valence-corrected chi connectivity index (χ3v) is 3.83. The number of nitrogens with one attached hydrogen (secondary N) is 1. The van der Waals surface area contributed by atoms with Crippen molar-refractivity contribution < 1.29 is 14.4 Å². The molecule has 5 nitrogen and oxygen atoms in total. The number of hydrogen-bond acceptors (Lipinski definition) is 3. The predicted molar refractivity (Wildman–Crippen MR) is 85.1 cm³/mol. The maximum absolute atomic E-state index is 12.2. The quantitative estimate of drug-likeness (QED) is 0.875. The lowest BCUT2D eigenvalue weighted by molar-refractivity contribution is -0.121. The van der Waals surface area contributed by atoms with Crippen LogP contribution in [0.2, 0.25) is 5.02 Å². The van der Waals surface area contributed by atoms with Crippen molar-refractivity contribution >= 4 is 29.3 Å². The SMILES string of the molecule is O=C(CN1C(=O)c2ccccc2C1=O)NCc1ccc(Cl)cc1. The first-order chi connectivity index (χ1) is 11.1. The lowest BCUT2D eigenvalue weighted by atomic mass is 10.1. The van der Waals surface area contributed by atoms with Crippen molar-refractivity contribution in [2.24, 2.45) is 0 Å². The molecule has 1 N–H and O–H groups in total. The van der Waals surface area contributed by atoms with Crippen molar-refractivity contribution in [3.63, 3.8) is 0 Å². The van der Waals surface area contributed by atoms with E-state index in [-0.39, 0.29) is 6.54 Å². The number of fused-ring (bicyclic) bond motifs is 1. The highest BCUT2D eigenvalue weighted by Crippen LogP contribution is 2.21. The van der Waals surface area contributed by atoms with Crippen LogP contribution in [-0.4, -0.2) is 29.2 Å². The summed E-state index contributed by atoms with van der Waals surface area (Å²) >= 11 is 5.80. The molecular formula is C17H13ClN2O3. The van der Waals surface area contributed by atoms with Crippen LogP contribution in [0.3, 0.4) is 0 Å². The largest absolute Gasteiger partial charge is 0.350 e. The minimum absolute atomic E-state index is 0.292. The average molecular weight is 329 g/mol. The molecule has 0 fully saturated rings. The van der Waals surface area contributed by atoms with Crippen molar-refractivity contribution in [2.45, 2.75) is 6.54 Å². The molecule has 1 aliphatic heterocycles. The minimum Gasteiger partial charge on any atom is -0.350 e. The number of amides is 3. The molecule has 0 radical (unpaired) electrons. The topological polar surface area (TPSA) is 66.5 Å². The lowest BCUT2D eigenvalue weighted by Crippen LogP contribution is -2.40. The molecule has 0 saturated heterocycles. The Kier molecular flexibility index (Phi) is 4.12. The van der Waals surface area contributed by atoms with E-state index in [1.165, 1.54) is 0 Å². The second-order valence-electron chi connectivity index (χ2n) is 5.15. The van der Waals surface area contributed by atoms with Crippen LogP contribution in [0.15, 0.2) is 48.5 Å². The van der Waals surface area contributed by atoms with Gasteiger partial charge in [-0.15, -0.1) is 0 Å². The number of carbonyl (C=O) groups is 3. The maximum Gasteiger partial charge on any atom is 0.262 e. The van der Waals surface area contributed by atoms with Crippen LogP contribution < -0.4 is 5.32 Å². The molecule has 2 aromatic rings. The first-order valence-electron chi connectivity index (χ1n) is 7.02. The van der Waals surface area contributed by atoms with Crippen molar-refractivity contribution in [3.05, 3.63) is 70.2 Å². The molecule has 1 heterocycles. The van der Waals surface area contributed by atoms with Gasteiger partial charge in [-0.2, -0.15) is 0 Å². The zero-order valence-corrected chi connectivity index (χ0v) is 12.8. The Morgan fingerprint density at radius 1 is 0.957 bits per heavy atom. The minimum atomic E-state index is -0.438. The smallest absolute Gasteiger partial charge is 0.262 e. The van der Waals surface area contributed by atoms with Gasteiger partial charge < -0.3 is 5.32 Å². The van der Waals surface area contributed by atoms with Crippen LogP contribution in [0.5, 0.6) is 0 Å². The molecule has 23 heavy (non-hydrogen) atoms. The van der Waals surface area contributed by atoms with E-state index in [0.717, 1.165) is 10.5 Å². The Morgan fingerprint density at radius 2 is 1.52 bits per heavy atom. The summed E-state index contributed by atoms with van der Waals surface area (Å²) in [5, 5.41) is 3.30. The van der Waals surface area contributed by atoms with Gasteiger partial charge in [-0.25, -0.2) is 0 Å². The van der Waals surface area contributed by atoms with Crippen LogP contribution in [0.25, 0.3) is 0 Å². The molecule has 0 spiro atoms. The molecular weight excluding hydrogens is 316 g/mol. The highest BCUT2D eigenvalue weighted by atomic mass is 35.5. The van der Waals surface area contributed by atoms with Crippen molar-refractivity contribution in [1.29, 1.82) is 0 Å². The van der Waals surface area contributed by atoms with E-state index in [1.54, 1.807) is 48.5 Å². The van der Waals surface area contributed by atoms with E-state index in [2.05, 4.69) is 5.32 Å². The van der Waals surface area contributed by atoms with E-state index in [1.807, 2.05) is 0 Å². The molecule has 3 amide bonds. The molecule has 0 aromatic heterocycles. The summed E-state index contributed by atoms with van der Waals surface area (Å²) < 4.78 is 0. The number of benzene rings is 2. The van der Waals surface area contributed by atoms with Gasteiger partial charge in [-0.1, -0.05) is 35.9 Å². The monoisotopic (exact) mass is 328 g/mol. The molecule has 0 saturated carbocycles. The fraction of sp³-hybridized carbons (Fsp3) is 0.118. The molecule has 3 rings (SSSR count). The number of nitrogens with zero attached hydrogens (tertiary/aromatic N) is 1. The van der Waals surface area contributed by atoms with Gasteiger partial charge in [0.2, 0.25) is 5.91 Å². The number of carbonyl (C=O) groups excluding carboxylic acids is 3. The Morgan fingerprint density at radius 3 is 2.09 bits per heavy atom. The molecule has 0 bridgehead atoms. The number of halogens is 1. The molecule has 0 aliphatic carbocycles. The molecule has 1 aliphatic rings. The van der Waals surface area contributed by atoms with Gasteiger partial charge in [0.25, 0.3) is 11.8 Å². The summed E-state index contributed by atoms with van der Waals surface area (Å²) in [7, 11) is 0. The molecule has 0 atom stereocenters. The summed E-state index contributed by atoms with van der Waals surface area (Å²) in [5.74, 6) is -1.27. The molecule has 0 unspecified atom stereocenters. The van der Waals surface area contributed by atoms with Crippen LogP contribution >= 0.6 is 11.6 Å². The van der Waals surface area contributed by atoms with Crippen LogP contribution in [0.4, 0.5) is 0 Å². The normalized spacial score (nSPS) is 13.2. The third-order valence-electron chi connectivity index (χ3n) is 3.58. The van der Waals surface area contributed by atoms with Gasteiger partial charge in [0, 0.05) is 11.6 Å². The fourth-order valence-corrected chi connectivity index (χ4v) is 2.51. The van der Waals surface area contributed by atoms with Gasteiger partial charge in [0.15, 0.2) is 0 Å². The van der Waals surface area contributed by atoms with Gasteiger partial charge in [0.1, 0.15) is 6.54 Å². The number of imide groups is 1. The van der Waals surface area contributed by atoms with Crippen LogP contribution in [0.1, 0.15) is 26.3 Å². The van der Waals surface area contributed by atoms with E-state index in [4.69, 9.17) is 11.6 Å². The van der Waals surface area contributed by atoms with Crippen molar-refractivity contribution in [1.82, 2.24) is 10.2 Å². The summed E-state index contributed by atoms with van der Waals surface area (Å²) in [4.78, 5) is 37.3. The Hall–Kier alpha value is -2.66.